The minimum absolute atomic E-state index is 0.0909. The van der Waals surface area contributed by atoms with Crippen LogP contribution in [0.25, 0.3) is 0 Å². The Balaban J connectivity index is 0.00000114. The average molecular weight is 598 g/mol. The summed E-state index contributed by atoms with van der Waals surface area (Å²) in [6.07, 6.45) is 2.07. The molecule has 1 aromatic heterocycles. The summed E-state index contributed by atoms with van der Waals surface area (Å²) in [5.41, 5.74) is 1.33. The van der Waals surface area contributed by atoms with Gasteiger partial charge >= 0.3 is 11.9 Å². The van der Waals surface area contributed by atoms with Crippen molar-refractivity contribution >= 4 is 57.1 Å². The van der Waals surface area contributed by atoms with Gasteiger partial charge in [-0.05, 0) is 12.5 Å². The second-order valence-electron chi connectivity index (χ2n) is 5.97. The molecule has 0 aliphatic rings. The number of aromatic nitrogens is 2. The lowest BCUT2D eigenvalue weighted by molar-refractivity contribution is -0.153. The van der Waals surface area contributed by atoms with Crippen LogP contribution in [0.1, 0.15) is 42.9 Å². The van der Waals surface area contributed by atoms with E-state index in [0.29, 0.717) is 5.69 Å². The number of imidazole rings is 1. The van der Waals surface area contributed by atoms with Gasteiger partial charge in [0.2, 0.25) is 6.10 Å². The van der Waals surface area contributed by atoms with E-state index in [1.54, 1.807) is 24.7 Å². The Morgan fingerprint density at radius 3 is 2.26 bits per heavy atom. The van der Waals surface area contributed by atoms with Gasteiger partial charge in [0.15, 0.2) is 0 Å². The van der Waals surface area contributed by atoms with E-state index in [0.717, 1.165) is 5.56 Å². The van der Waals surface area contributed by atoms with Gasteiger partial charge < -0.3 is 14.0 Å². The molecule has 1 aromatic carbocycles. The van der Waals surface area contributed by atoms with E-state index in [9.17, 15) is 9.59 Å². The summed E-state index contributed by atoms with van der Waals surface area (Å²) in [7, 11) is 1.27. The van der Waals surface area contributed by atoms with E-state index in [4.69, 9.17) is 9.47 Å². The highest BCUT2D eigenvalue weighted by Crippen LogP contribution is 2.21. The fourth-order valence-corrected chi connectivity index (χ4v) is 2.41. The van der Waals surface area contributed by atoms with E-state index in [-0.39, 0.29) is 12.0 Å². The van der Waals surface area contributed by atoms with Gasteiger partial charge in [-0.1, -0.05) is 89.4 Å². The molecule has 148 valence electrons. The zero-order chi connectivity index (χ0) is 20.4. The van der Waals surface area contributed by atoms with Crippen LogP contribution in [-0.2, 0) is 14.3 Å². The van der Waals surface area contributed by atoms with Crippen molar-refractivity contribution in [1.82, 2.24) is 9.55 Å². The number of methoxy groups -OCH3 is 1. The molecule has 0 radical (unpaired) electrons. The Kier molecular flexibility index (Phi) is 10.9. The SMILES string of the molecule is COC(=O)[C@H](OC(=O)c1cncn1[C@H](C)c1ccccc1)C(C)C.ICI. The van der Waals surface area contributed by atoms with Crippen molar-refractivity contribution in [3.63, 3.8) is 0 Å². The van der Waals surface area contributed by atoms with Gasteiger partial charge in [-0.2, -0.15) is 0 Å². The summed E-state index contributed by atoms with van der Waals surface area (Å²) in [6.45, 7) is 5.55. The molecule has 2 aromatic rings. The Hall–Kier alpha value is -1.17. The van der Waals surface area contributed by atoms with Gasteiger partial charge in [0.1, 0.15) is 5.69 Å². The third-order valence-electron chi connectivity index (χ3n) is 3.85. The maximum Gasteiger partial charge on any atom is 0.357 e. The van der Waals surface area contributed by atoms with Crippen molar-refractivity contribution in [2.45, 2.75) is 32.9 Å². The Labute approximate surface area is 187 Å². The van der Waals surface area contributed by atoms with Crippen LogP contribution in [0.15, 0.2) is 42.9 Å². The molecule has 0 saturated heterocycles. The highest BCUT2D eigenvalue weighted by Gasteiger charge is 2.29. The number of benzene rings is 1. The molecule has 0 saturated carbocycles. The predicted octanol–water partition coefficient (Wildman–Crippen LogP) is 4.66. The molecular weight excluding hydrogens is 574 g/mol. The van der Waals surface area contributed by atoms with Crippen LogP contribution < -0.4 is 0 Å². The Morgan fingerprint density at radius 2 is 1.74 bits per heavy atom. The minimum atomic E-state index is -0.946. The third kappa shape index (κ3) is 7.05. The van der Waals surface area contributed by atoms with Crippen LogP contribution in [-0.4, -0.2) is 37.1 Å². The molecular formula is C19H24I2N2O4. The lowest BCUT2D eigenvalue weighted by atomic mass is 10.1. The largest absolute Gasteiger partial charge is 0.466 e. The first kappa shape index (κ1) is 23.9. The first-order valence-electron chi connectivity index (χ1n) is 8.34. The predicted molar refractivity (Wildman–Crippen MR) is 121 cm³/mol. The summed E-state index contributed by atoms with van der Waals surface area (Å²) in [6, 6.07) is 9.67. The number of hydrogen-bond acceptors (Lipinski definition) is 5. The zero-order valence-electron chi connectivity index (χ0n) is 15.8. The fourth-order valence-electron chi connectivity index (χ4n) is 2.41. The molecule has 6 nitrogen and oxygen atoms in total. The molecule has 0 aliphatic heterocycles. The van der Waals surface area contributed by atoms with Crippen molar-refractivity contribution in [1.29, 1.82) is 0 Å². The number of carbonyl (C=O) groups is 2. The quantitative estimate of drug-likeness (QED) is 0.275. The van der Waals surface area contributed by atoms with Gasteiger partial charge in [-0.25, -0.2) is 14.6 Å². The summed E-state index contributed by atoms with van der Waals surface area (Å²) >= 11 is 4.55. The number of ether oxygens (including phenoxy) is 2. The van der Waals surface area contributed by atoms with E-state index in [2.05, 4.69) is 50.2 Å². The second-order valence-corrected chi connectivity index (χ2v) is 10.4. The number of rotatable bonds is 6. The molecule has 2 rings (SSSR count). The first-order chi connectivity index (χ1) is 12.9. The van der Waals surface area contributed by atoms with Crippen LogP contribution in [0.4, 0.5) is 0 Å². The lowest BCUT2D eigenvalue weighted by Crippen LogP contribution is -2.33. The fraction of sp³-hybridized carbons (Fsp3) is 0.421. The smallest absolute Gasteiger partial charge is 0.357 e. The Bertz CT molecular complexity index is 720. The normalized spacial score (nSPS) is 12.6. The van der Waals surface area contributed by atoms with Crippen LogP contribution in [0.3, 0.4) is 0 Å². The standard InChI is InChI=1S/C18H22N2O4.CH2I2/c1-12(2)16(18(22)23-4)24-17(21)15-10-19-11-20(15)13(3)14-8-6-5-7-9-14;2-1-3/h5-13,16H,1-4H3;1H2/t13-,16-;/m1./s1. The van der Waals surface area contributed by atoms with E-state index >= 15 is 0 Å². The molecule has 1 heterocycles. The van der Waals surface area contributed by atoms with Gasteiger partial charge in [0, 0.05) is 5.92 Å². The number of esters is 2. The zero-order valence-corrected chi connectivity index (χ0v) is 20.1. The van der Waals surface area contributed by atoms with Crippen molar-refractivity contribution in [2.24, 2.45) is 5.92 Å². The van der Waals surface area contributed by atoms with Gasteiger partial charge in [-0.3, -0.25) is 0 Å². The minimum Gasteiger partial charge on any atom is -0.466 e. The van der Waals surface area contributed by atoms with Crippen molar-refractivity contribution in [3.8, 4) is 0 Å². The van der Waals surface area contributed by atoms with Crippen molar-refractivity contribution < 1.29 is 19.1 Å². The van der Waals surface area contributed by atoms with Crippen LogP contribution in [0.5, 0.6) is 0 Å². The molecule has 0 spiro atoms. The van der Waals surface area contributed by atoms with Crippen molar-refractivity contribution in [2.75, 3.05) is 9.54 Å². The van der Waals surface area contributed by atoms with Crippen LogP contribution >= 0.6 is 45.2 Å². The maximum atomic E-state index is 12.5. The highest BCUT2D eigenvalue weighted by atomic mass is 127. The van der Waals surface area contributed by atoms with E-state index < -0.39 is 18.0 Å². The molecule has 0 bridgehead atoms. The molecule has 8 heteroatoms. The van der Waals surface area contributed by atoms with E-state index in [1.165, 1.54) is 15.7 Å². The average Bonchev–Trinajstić information content (AvgIpc) is 3.15. The Morgan fingerprint density at radius 1 is 1.15 bits per heavy atom. The maximum absolute atomic E-state index is 12.5. The number of halogens is 2. The lowest BCUT2D eigenvalue weighted by Gasteiger charge is -2.20. The summed E-state index contributed by atoms with van der Waals surface area (Å²) in [5.74, 6) is -1.36. The topological polar surface area (TPSA) is 70.4 Å². The number of nitrogens with zero attached hydrogens (tertiary/aromatic N) is 2. The number of carbonyl (C=O) groups excluding carboxylic acids is 2. The third-order valence-corrected chi connectivity index (χ3v) is 3.85. The van der Waals surface area contributed by atoms with Gasteiger partial charge in [-0.15, -0.1) is 0 Å². The molecule has 0 aliphatic carbocycles. The number of alkyl halides is 2. The summed E-state index contributed by atoms with van der Waals surface area (Å²) < 4.78 is 13.0. The van der Waals surface area contributed by atoms with Crippen LogP contribution in [0.2, 0.25) is 0 Å². The van der Waals surface area contributed by atoms with Gasteiger partial charge in [0.05, 0.1) is 28.1 Å². The van der Waals surface area contributed by atoms with Crippen molar-refractivity contribution in [3.05, 3.63) is 54.1 Å². The van der Waals surface area contributed by atoms with Crippen LogP contribution in [0, 0.1) is 5.92 Å². The summed E-state index contributed by atoms with van der Waals surface area (Å²) in [4.78, 5) is 28.3. The molecule has 0 fully saturated rings. The monoisotopic (exact) mass is 598 g/mol. The molecule has 0 unspecified atom stereocenters. The molecule has 27 heavy (non-hydrogen) atoms. The number of hydrogen-bond donors (Lipinski definition) is 0. The molecule has 0 amide bonds. The second kappa shape index (κ2) is 12.3. The van der Waals surface area contributed by atoms with E-state index in [1.807, 2.05) is 37.3 Å². The first-order valence-corrected chi connectivity index (χ1v) is 11.4. The highest BCUT2D eigenvalue weighted by molar-refractivity contribution is 14.2. The molecule has 2 atom stereocenters. The van der Waals surface area contributed by atoms with Gasteiger partial charge in [0.25, 0.3) is 0 Å². The summed E-state index contributed by atoms with van der Waals surface area (Å²) in [5, 5.41) is 0. The molecule has 0 N–H and O–H groups in total.